The van der Waals surface area contributed by atoms with E-state index in [0.29, 0.717) is 12.3 Å². The van der Waals surface area contributed by atoms with Crippen molar-refractivity contribution in [3.05, 3.63) is 75.5 Å². The molecule has 2 atom stereocenters. The van der Waals surface area contributed by atoms with Gasteiger partial charge in [-0.05, 0) is 31.2 Å². The molecule has 172 valence electrons. The van der Waals surface area contributed by atoms with Gasteiger partial charge in [0, 0.05) is 49.2 Å². The Morgan fingerprint density at radius 1 is 1.15 bits per heavy atom. The van der Waals surface area contributed by atoms with Gasteiger partial charge < -0.3 is 15.3 Å². The fourth-order valence-electron chi connectivity index (χ4n) is 4.60. The van der Waals surface area contributed by atoms with Crippen molar-refractivity contribution in [3.63, 3.8) is 0 Å². The van der Waals surface area contributed by atoms with Gasteiger partial charge in [0.25, 0.3) is 0 Å². The first-order valence-corrected chi connectivity index (χ1v) is 12.4. The zero-order valence-corrected chi connectivity index (χ0v) is 20.2. The zero-order valence-electron chi connectivity index (χ0n) is 19.4. The second-order valence-corrected chi connectivity index (χ2v) is 10.2. The largest absolute Gasteiger partial charge is 0.388 e. The highest BCUT2D eigenvalue weighted by atomic mass is 32.1. The summed E-state index contributed by atoms with van der Waals surface area (Å²) in [5, 5.41) is 18.7. The number of anilines is 1. The molecule has 1 aromatic carbocycles. The van der Waals surface area contributed by atoms with Crippen LogP contribution in [-0.2, 0) is 0 Å². The highest BCUT2D eigenvalue weighted by molar-refractivity contribution is 7.16. The van der Waals surface area contributed by atoms with Gasteiger partial charge in [0.05, 0.1) is 22.2 Å². The molecule has 1 saturated heterocycles. The number of hydrogen-bond acceptors (Lipinski definition) is 7. The van der Waals surface area contributed by atoms with Crippen molar-refractivity contribution >= 4 is 28.2 Å². The van der Waals surface area contributed by atoms with Crippen LogP contribution in [-0.4, -0.2) is 57.6 Å². The van der Waals surface area contributed by atoms with Crippen LogP contribution in [0.15, 0.2) is 48.7 Å². The molecule has 7 heteroatoms. The first kappa shape index (κ1) is 22.1. The average Bonchev–Trinajstić information content (AvgIpc) is 3.19. The smallest absolute Gasteiger partial charge is 0.124 e. The summed E-state index contributed by atoms with van der Waals surface area (Å²) in [6, 6.07) is 14.3. The van der Waals surface area contributed by atoms with Crippen LogP contribution in [0, 0.1) is 0 Å². The zero-order chi connectivity index (χ0) is 22.9. The maximum atomic E-state index is 10.9. The van der Waals surface area contributed by atoms with E-state index in [9.17, 15) is 5.11 Å². The molecule has 2 aliphatic rings. The van der Waals surface area contributed by atoms with E-state index < -0.39 is 6.10 Å². The minimum absolute atomic E-state index is 0.223. The number of likely N-dealkylation sites (N-methyl/N-ethyl adjacent to an activating group) is 1. The maximum absolute atomic E-state index is 10.9. The lowest BCUT2D eigenvalue weighted by molar-refractivity contribution is 0.0735. The normalized spacial score (nSPS) is 19.4. The lowest BCUT2D eigenvalue weighted by Crippen LogP contribution is -2.52. The van der Waals surface area contributed by atoms with Crippen LogP contribution in [0.2, 0.25) is 0 Å². The van der Waals surface area contributed by atoms with Gasteiger partial charge in [0.15, 0.2) is 0 Å². The molecular formula is C26H31N5OS. The van der Waals surface area contributed by atoms with Crippen LogP contribution in [0.1, 0.15) is 48.6 Å². The molecule has 33 heavy (non-hydrogen) atoms. The van der Waals surface area contributed by atoms with Crippen LogP contribution in [0.5, 0.6) is 0 Å². The fourth-order valence-corrected chi connectivity index (χ4v) is 5.54. The Kier molecular flexibility index (Phi) is 6.19. The van der Waals surface area contributed by atoms with Crippen molar-refractivity contribution in [1.29, 1.82) is 0 Å². The monoisotopic (exact) mass is 461 g/mol. The van der Waals surface area contributed by atoms with Crippen molar-refractivity contribution in [2.45, 2.75) is 38.3 Å². The van der Waals surface area contributed by atoms with Crippen LogP contribution in [0.3, 0.4) is 0 Å². The van der Waals surface area contributed by atoms with E-state index in [-0.39, 0.29) is 6.04 Å². The second-order valence-electron chi connectivity index (χ2n) is 9.21. The number of aliphatic hydroxyl groups excluding tert-OH is 1. The summed E-state index contributed by atoms with van der Waals surface area (Å²) in [4.78, 5) is 14.7. The van der Waals surface area contributed by atoms with Crippen molar-refractivity contribution in [2.75, 3.05) is 32.0 Å². The minimum Gasteiger partial charge on any atom is -0.388 e. The Balaban J connectivity index is 1.52. The molecule has 2 aliphatic heterocycles. The molecule has 1 fully saturated rings. The summed E-state index contributed by atoms with van der Waals surface area (Å²) in [6.45, 7) is 7.01. The predicted octanol–water partition coefficient (Wildman–Crippen LogP) is 2.72. The number of aromatic nitrogens is 2. The van der Waals surface area contributed by atoms with Crippen LogP contribution in [0.4, 0.5) is 5.00 Å². The van der Waals surface area contributed by atoms with Gasteiger partial charge >= 0.3 is 0 Å². The maximum Gasteiger partial charge on any atom is 0.124 e. The van der Waals surface area contributed by atoms with Gasteiger partial charge in [-0.15, -0.1) is 11.3 Å². The summed E-state index contributed by atoms with van der Waals surface area (Å²) in [6.07, 6.45) is 4.11. The highest BCUT2D eigenvalue weighted by Gasteiger charge is 2.31. The molecule has 0 spiro atoms. The molecule has 2 unspecified atom stereocenters. The van der Waals surface area contributed by atoms with Gasteiger partial charge in [-0.25, -0.2) is 4.98 Å². The van der Waals surface area contributed by atoms with Crippen LogP contribution >= 0.6 is 11.3 Å². The first-order chi connectivity index (χ1) is 16.0. The van der Waals surface area contributed by atoms with E-state index in [1.165, 1.54) is 0 Å². The van der Waals surface area contributed by atoms with Crippen molar-refractivity contribution < 1.29 is 5.11 Å². The number of fused-ring (bicyclic) bond motifs is 2. The van der Waals surface area contributed by atoms with E-state index in [2.05, 4.69) is 42.1 Å². The number of aliphatic hydroxyl groups is 1. The Hall–Kier alpha value is -2.74. The average molecular weight is 462 g/mol. The second kappa shape index (κ2) is 9.25. The minimum atomic E-state index is -0.486. The molecule has 2 aromatic heterocycles. The summed E-state index contributed by atoms with van der Waals surface area (Å²) < 4.78 is 0. The molecule has 4 heterocycles. The van der Waals surface area contributed by atoms with E-state index in [1.807, 2.05) is 48.8 Å². The Labute approximate surface area is 198 Å². The van der Waals surface area contributed by atoms with Gasteiger partial charge in [-0.3, -0.25) is 9.88 Å². The molecule has 6 nitrogen and oxygen atoms in total. The molecule has 3 aromatic rings. The van der Waals surface area contributed by atoms with Crippen LogP contribution in [0.25, 0.3) is 11.9 Å². The molecule has 5 rings (SSSR count). The Morgan fingerprint density at radius 2 is 1.97 bits per heavy atom. The van der Waals surface area contributed by atoms with Crippen molar-refractivity contribution in [3.8, 4) is 0 Å². The van der Waals surface area contributed by atoms with Gasteiger partial charge in [-0.2, -0.15) is 0 Å². The quantitative estimate of drug-likeness (QED) is 0.609. The number of nitrogens with zero attached hydrogens (tertiary/aromatic N) is 4. The number of piperazine rings is 1. The summed E-state index contributed by atoms with van der Waals surface area (Å²) >= 11 is 1.73. The number of rotatable bonds is 5. The molecule has 0 bridgehead atoms. The van der Waals surface area contributed by atoms with Gasteiger partial charge in [0.1, 0.15) is 10.7 Å². The number of nitrogens with one attached hydrogen (secondary N) is 1. The molecule has 2 N–H and O–H groups in total. The third kappa shape index (κ3) is 4.40. The van der Waals surface area contributed by atoms with Crippen molar-refractivity contribution in [1.82, 2.24) is 19.8 Å². The Bertz CT molecular complexity index is 1240. The lowest BCUT2D eigenvalue weighted by Gasteiger charge is -2.42. The molecule has 0 radical (unpaired) electrons. The van der Waals surface area contributed by atoms with Crippen molar-refractivity contribution in [2.24, 2.45) is 0 Å². The molecule has 0 saturated carbocycles. The van der Waals surface area contributed by atoms with Gasteiger partial charge in [0.2, 0.25) is 0 Å². The fraction of sp³-hybridized carbons (Fsp3) is 0.385. The van der Waals surface area contributed by atoms with E-state index in [0.717, 1.165) is 57.2 Å². The first-order valence-electron chi connectivity index (χ1n) is 11.6. The lowest BCUT2D eigenvalue weighted by atomic mass is 9.99. The van der Waals surface area contributed by atoms with E-state index in [4.69, 9.17) is 9.97 Å². The molecular weight excluding hydrogens is 430 g/mol. The summed E-state index contributed by atoms with van der Waals surface area (Å²) in [5.74, 6) is 0.370. The number of hydrogen-bond donors (Lipinski definition) is 2. The summed E-state index contributed by atoms with van der Waals surface area (Å²) in [7, 11) is 2.16. The highest BCUT2D eigenvalue weighted by Crippen LogP contribution is 2.35. The van der Waals surface area contributed by atoms with E-state index >= 15 is 0 Å². The SMILES string of the molecule is CC(C)c1nc2c(s1)NC=c1cccnc1=C2N1CCN(C)C(CC(O)c2ccccc2)C1. The molecule has 0 amide bonds. The standard InChI is InChI=1S/C26H31N5OS/c1-17(2)25-29-23-24(22-19(10-7-11-27-22)15-28-26(23)33-25)31-13-12-30(3)20(16-31)14-21(32)18-8-5-4-6-9-18/h4-11,15,17,20-21,28,32H,12-14,16H2,1-3H3. The third-order valence-electron chi connectivity index (χ3n) is 6.56. The van der Waals surface area contributed by atoms with E-state index in [1.54, 1.807) is 11.3 Å². The topological polar surface area (TPSA) is 64.5 Å². The predicted molar refractivity (Wildman–Crippen MR) is 134 cm³/mol. The van der Waals surface area contributed by atoms with Gasteiger partial charge in [-0.1, -0.05) is 44.2 Å². The number of benzene rings is 1. The summed E-state index contributed by atoms with van der Waals surface area (Å²) in [5.41, 5.74) is 3.06. The number of thiazole rings is 1. The Morgan fingerprint density at radius 3 is 2.76 bits per heavy atom. The van der Waals surface area contributed by atoms with Crippen LogP contribution < -0.4 is 15.9 Å². The molecule has 0 aliphatic carbocycles. The third-order valence-corrected chi connectivity index (χ3v) is 7.84. The number of pyridine rings is 1.